The normalized spacial score (nSPS) is 15.9. The molecule has 0 radical (unpaired) electrons. The molecule has 1 aliphatic rings. The zero-order chi connectivity index (χ0) is 24.0. The van der Waals surface area contributed by atoms with E-state index in [1.54, 1.807) is 32.2 Å². The van der Waals surface area contributed by atoms with Crippen molar-refractivity contribution in [2.45, 2.75) is 32.3 Å². The number of methoxy groups -OCH3 is 1. The molecule has 1 aromatic heterocycles. The molecule has 0 bridgehead atoms. The zero-order valence-corrected chi connectivity index (χ0v) is 18.0. The quantitative estimate of drug-likeness (QED) is 0.508. The Morgan fingerprint density at radius 3 is 2.36 bits per heavy atom. The van der Waals surface area contributed by atoms with E-state index in [9.17, 15) is 22.8 Å². The molecule has 3 aromatic rings. The number of pyridine rings is 1. The fourth-order valence-electron chi connectivity index (χ4n) is 3.80. The van der Waals surface area contributed by atoms with Crippen LogP contribution in [0.2, 0.25) is 0 Å². The molecule has 172 valence electrons. The molecular weight excluding hydrogens is 439 g/mol. The van der Waals surface area contributed by atoms with Gasteiger partial charge in [-0.1, -0.05) is 12.1 Å². The number of amides is 3. The number of imide groups is 1. The first-order chi connectivity index (χ1) is 15.5. The van der Waals surface area contributed by atoms with Gasteiger partial charge in [0, 0.05) is 18.1 Å². The molecular formula is C23H20F3N3O4. The number of nitrogens with zero attached hydrogens (tertiary/aromatic N) is 3. The minimum atomic E-state index is -4.84. The number of anilines is 1. The molecule has 0 atom stereocenters. The van der Waals surface area contributed by atoms with Crippen molar-refractivity contribution in [1.29, 1.82) is 0 Å². The Morgan fingerprint density at radius 2 is 1.73 bits per heavy atom. The summed E-state index contributed by atoms with van der Waals surface area (Å²) in [6, 6.07) is 11.2. The summed E-state index contributed by atoms with van der Waals surface area (Å²) < 4.78 is 46.5. The van der Waals surface area contributed by atoms with E-state index in [2.05, 4.69) is 9.72 Å². The summed E-state index contributed by atoms with van der Waals surface area (Å²) in [6.07, 6.45) is -3.23. The van der Waals surface area contributed by atoms with Crippen LogP contribution in [0.4, 0.5) is 23.7 Å². The molecule has 1 fully saturated rings. The standard InChI is InChI=1S/C23H20F3N3O4/c1-22(2)20(30)29(15-7-9-16(10-8-15)33-23(24,25)26)21(31)28(22)13-14-11-12-27-19-17(14)5-4-6-18(19)32-3/h4-12H,13H2,1-3H3. The van der Waals surface area contributed by atoms with E-state index >= 15 is 0 Å². The van der Waals surface area contributed by atoms with Gasteiger partial charge in [0.25, 0.3) is 5.91 Å². The largest absolute Gasteiger partial charge is 0.573 e. The van der Waals surface area contributed by atoms with Crippen molar-refractivity contribution >= 4 is 28.5 Å². The number of hydrogen-bond donors (Lipinski definition) is 0. The molecule has 3 amide bonds. The Morgan fingerprint density at radius 1 is 1.03 bits per heavy atom. The van der Waals surface area contributed by atoms with E-state index in [1.165, 1.54) is 24.1 Å². The second-order valence-corrected chi connectivity index (χ2v) is 7.94. The van der Waals surface area contributed by atoms with Crippen LogP contribution in [0.25, 0.3) is 10.9 Å². The number of para-hydroxylation sites is 1. The third-order valence-corrected chi connectivity index (χ3v) is 5.52. The minimum absolute atomic E-state index is 0.121. The molecule has 7 nitrogen and oxygen atoms in total. The third kappa shape index (κ3) is 4.04. The number of halogens is 3. The summed E-state index contributed by atoms with van der Waals surface area (Å²) in [7, 11) is 1.54. The van der Waals surface area contributed by atoms with Gasteiger partial charge in [0.15, 0.2) is 0 Å². The molecule has 1 aliphatic heterocycles. The summed E-state index contributed by atoms with van der Waals surface area (Å²) >= 11 is 0. The second-order valence-electron chi connectivity index (χ2n) is 7.94. The van der Waals surface area contributed by atoms with Gasteiger partial charge in [-0.15, -0.1) is 13.2 Å². The molecule has 0 N–H and O–H groups in total. The van der Waals surface area contributed by atoms with Crippen LogP contribution >= 0.6 is 0 Å². The van der Waals surface area contributed by atoms with Crippen LogP contribution in [0.3, 0.4) is 0 Å². The van der Waals surface area contributed by atoms with Gasteiger partial charge in [0.1, 0.15) is 22.6 Å². The lowest BCUT2D eigenvalue weighted by molar-refractivity contribution is -0.274. The number of alkyl halides is 3. The molecule has 1 saturated heterocycles. The van der Waals surface area contributed by atoms with Gasteiger partial charge in [-0.05, 0) is 55.8 Å². The van der Waals surface area contributed by atoms with Crippen LogP contribution < -0.4 is 14.4 Å². The number of carbonyl (C=O) groups excluding carboxylic acids is 2. The Hall–Kier alpha value is -3.82. The number of aromatic nitrogens is 1. The monoisotopic (exact) mass is 459 g/mol. The van der Waals surface area contributed by atoms with Gasteiger partial charge < -0.3 is 14.4 Å². The number of carbonyl (C=O) groups is 2. The zero-order valence-electron chi connectivity index (χ0n) is 18.0. The average Bonchev–Trinajstić information content (AvgIpc) is 2.92. The maximum atomic E-state index is 13.3. The highest BCUT2D eigenvalue weighted by molar-refractivity contribution is 6.23. The molecule has 0 aliphatic carbocycles. The van der Waals surface area contributed by atoms with E-state index in [0.29, 0.717) is 11.3 Å². The van der Waals surface area contributed by atoms with E-state index < -0.39 is 29.6 Å². The van der Waals surface area contributed by atoms with Crippen LogP contribution in [0, 0.1) is 0 Å². The van der Waals surface area contributed by atoms with Gasteiger partial charge in [0.05, 0.1) is 12.8 Å². The van der Waals surface area contributed by atoms with Crippen LogP contribution in [0.1, 0.15) is 19.4 Å². The first kappa shape index (κ1) is 22.4. The van der Waals surface area contributed by atoms with Gasteiger partial charge in [-0.3, -0.25) is 9.78 Å². The van der Waals surface area contributed by atoms with Crippen LogP contribution in [-0.2, 0) is 11.3 Å². The predicted octanol–water partition coefficient (Wildman–Crippen LogP) is 4.89. The summed E-state index contributed by atoms with van der Waals surface area (Å²) in [6.45, 7) is 3.37. The summed E-state index contributed by atoms with van der Waals surface area (Å²) in [5, 5.41) is 0.778. The number of hydrogen-bond acceptors (Lipinski definition) is 5. The van der Waals surface area contributed by atoms with E-state index in [4.69, 9.17) is 4.74 Å². The van der Waals surface area contributed by atoms with Crippen molar-refractivity contribution in [3.05, 3.63) is 60.3 Å². The van der Waals surface area contributed by atoms with Crippen molar-refractivity contribution < 1.29 is 32.2 Å². The van der Waals surface area contributed by atoms with Gasteiger partial charge >= 0.3 is 12.4 Å². The van der Waals surface area contributed by atoms with E-state index in [0.717, 1.165) is 28.0 Å². The number of rotatable bonds is 5. The summed E-state index contributed by atoms with van der Waals surface area (Å²) in [5.74, 6) is -0.355. The Labute approximate surface area is 187 Å². The highest BCUT2D eigenvalue weighted by Gasteiger charge is 2.51. The van der Waals surface area contributed by atoms with Crippen molar-refractivity contribution in [3.63, 3.8) is 0 Å². The molecule has 0 saturated carbocycles. The highest BCUT2D eigenvalue weighted by atomic mass is 19.4. The van der Waals surface area contributed by atoms with Crippen LogP contribution in [0.15, 0.2) is 54.7 Å². The fourth-order valence-corrected chi connectivity index (χ4v) is 3.80. The Balaban J connectivity index is 1.66. The lowest BCUT2D eigenvalue weighted by atomic mass is 10.0. The number of benzene rings is 2. The number of urea groups is 1. The van der Waals surface area contributed by atoms with Gasteiger partial charge in [0.2, 0.25) is 0 Å². The molecule has 33 heavy (non-hydrogen) atoms. The molecule has 2 aromatic carbocycles. The SMILES string of the molecule is COc1cccc2c(CN3C(=O)N(c4ccc(OC(F)(F)F)cc4)C(=O)C3(C)C)ccnc12. The first-order valence-electron chi connectivity index (χ1n) is 9.95. The Bertz CT molecular complexity index is 1230. The fraction of sp³-hybridized carbons (Fsp3) is 0.261. The lowest BCUT2D eigenvalue weighted by Crippen LogP contribution is -2.43. The molecule has 0 spiro atoms. The van der Waals surface area contributed by atoms with Crippen LogP contribution in [-0.4, -0.2) is 40.8 Å². The van der Waals surface area contributed by atoms with Crippen molar-refractivity contribution in [3.8, 4) is 11.5 Å². The van der Waals surface area contributed by atoms with Crippen molar-refractivity contribution in [1.82, 2.24) is 9.88 Å². The van der Waals surface area contributed by atoms with Crippen molar-refractivity contribution in [2.75, 3.05) is 12.0 Å². The topological polar surface area (TPSA) is 72.0 Å². The molecule has 0 unspecified atom stereocenters. The summed E-state index contributed by atoms with van der Waals surface area (Å²) in [4.78, 5) is 33.2. The predicted molar refractivity (Wildman–Crippen MR) is 114 cm³/mol. The maximum absolute atomic E-state index is 13.3. The van der Waals surface area contributed by atoms with E-state index in [-0.39, 0.29) is 12.2 Å². The van der Waals surface area contributed by atoms with Crippen molar-refractivity contribution in [2.24, 2.45) is 0 Å². The third-order valence-electron chi connectivity index (χ3n) is 5.52. The average molecular weight is 459 g/mol. The number of fused-ring (bicyclic) bond motifs is 1. The Kier molecular flexibility index (Phi) is 5.39. The molecule has 4 rings (SSSR count). The highest BCUT2D eigenvalue weighted by Crippen LogP contribution is 2.36. The smallest absolute Gasteiger partial charge is 0.494 e. The summed E-state index contributed by atoms with van der Waals surface area (Å²) in [5.41, 5.74) is 0.359. The van der Waals surface area contributed by atoms with Gasteiger partial charge in [-0.25, -0.2) is 9.69 Å². The first-order valence-corrected chi connectivity index (χ1v) is 9.95. The molecule has 2 heterocycles. The second kappa shape index (κ2) is 7.95. The number of ether oxygens (including phenoxy) is 2. The minimum Gasteiger partial charge on any atom is -0.494 e. The van der Waals surface area contributed by atoms with E-state index in [1.807, 2.05) is 12.1 Å². The van der Waals surface area contributed by atoms with Crippen LogP contribution in [0.5, 0.6) is 11.5 Å². The molecule has 10 heteroatoms. The maximum Gasteiger partial charge on any atom is 0.573 e. The van der Waals surface area contributed by atoms with Gasteiger partial charge in [-0.2, -0.15) is 0 Å². The lowest BCUT2D eigenvalue weighted by Gasteiger charge is -2.28.